The first-order valence-corrected chi connectivity index (χ1v) is 4.22. The van der Waals surface area contributed by atoms with E-state index in [0.717, 1.165) is 12.8 Å². The summed E-state index contributed by atoms with van der Waals surface area (Å²) in [5.41, 5.74) is -0.499. The van der Waals surface area contributed by atoms with E-state index in [2.05, 4.69) is 5.32 Å². The van der Waals surface area contributed by atoms with Crippen LogP contribution in [0.2, 0.25) is 0 Å². The summed E-state index contributed by atoms with van der Waals surface area (Å²) in [5.74, 6) is 0.304. The van der Waals surface area contributed by atoms with E-state index in [1.165, 1.54) is 11.9 Å². The zero-order valence-corrected chi connectivity index (χ0v) is 7.26. The van der Waals surface area contributed by atoms with Crippen LogP contribution in [0.15, 0.2) is 0 Å². The Balaban J connectivity index is 2.22. The quantitative estimate of drug-likeness (QED) is 0.574. The van der Waals surface area contributed by atoms with Crippen LogP contribution in [0.25, 0.3) is 0 Å². The van der Waals surface area contributed by atoms with Crippen LogP contribution >= 0.6 is 0 Å². The van der Waals surface area contributed by atoms with Gasteiger partial charge in [0.2, 0.25) is 0 Å². The minimum atomic E-state index is -0.499. The Bertz CT molecular complexity index is 264. The molecule has 66 valence electrons. The Kier molecular flexibility index (Phi) is 1.26. The van der Waals surface area contributed by atoms with Gasteiger partial charge in [0.25, 0.3) is 5.91 Å². The van der Waals surface area contributed by atoms with Crippen molar-refractivity contribution in [3.8, 4) is 0 Å². The van der Waals surface area contributed by atoms with Crippen molar-refractivity contribution >= 4 is 11.9 Å². The van der Waals surface area contributed by atoms with Gasteiger partial charge in [0.15, 0.2) is 0 Å². The number of nitrogens with zero attached hydrogens (tertiary/aromatic N) is 1. The summed E-state index contributed by atoms with van der Waals surface area (Å²) in [4.78, 5) is 23.8. The van der Waals surface area contributed by atoms with Crippen molar-refractivity contribution in [2.75, 3.05) is 7.05 Å². The molecule has 1 N–H and O–H groups in total. The molecule has 1 heterocycles. The van der Waals surface area contributed by atoms with E-state index < -0.39 is 5.54 Å². The van der Waals surface area contributed by atoms with Gasteiger partial charge in [-0.05, 0) is 12.3 Å². The number of hydrogen-bond donors (Lipinski definition) is 1. The molecular formula is C8H12N2O2. The molecule has 1 aliphatic carbocycles. The van der Waals surface area contributed by atoms with Gasteiger partial charge >= 0.3 is 6.03 Å². The maximum atomic E-state index is 11.5. The van der Waals surface area contributed by atoms with Gasteiger partial charge in [-0.15, -0.1) is 0 Å². The SMILES string of the molecule is CCC1CC12NC(=O)N(C)C2=O. The lowest BCUT2D eigenvalue weighted by Crippen LogP contribution is -2.33. The molecule has 0 bridgehead atoms. The van der Waals surface area contributed by atoms with Crippen molar-refractivity contribution in [1.82, 2.24) is 10.2 Å². The fraction of sp³-hybridized carbons (Fsp3) is 0.750. The number of imide groups is 1. The van der Waals surface area contributed by atoms with Crippen molar-refractivity contribution in [2.45, 2.75) is 25.3 Å². The molecule has 0 aromatic heterocycles. The molecule has 12 heavy (non-hydrogen) atoms. The first-order chi connectivity index (χ1) is 5.62. The molecule has 2 fully saturated rings. The lowest BCUT2D eigenvalue weighted by Gasteiger charge is -2.05. The number of amides is 3. The molecule has 4 nitrogen and oxygen atoms in total. The minimum Gasteiger partial charge on any atom is -0.323 e. The second-order valence-electron chi connectivity index (χ2n) is 3.57. The summed E-state index contributed by atoms with van der Waals surface area (Å²) in [7, 11) is 1.53. The normalized spacial score (nSPS) is 39.2. The van der Waals surface area contributed by atoms with Gasteiger partial charge in [0, 0.05) is 7.05 Å². The van der Waals surface area contributed by atoms with Crippen LogP contribution in [0.3, 0.4) is 0 Å². The van der Waals surface area contributed by atoms with Crippen LogP contribution < -0.4 is 5.32 Å². The van der Waals surface area contributed by atoms with Crippen LogP contribution in [0.5, 0.6) is 0 Å². The average molecular weight is 168 g/mol. The van der Waals surface area contributed by atoms with Gasteiger partial charge in [-0.2, -0.15) is 0 Å². The van der Waals surface area contributed by atoms with E-state index in [9.17, 15) is 9.59 Å². The van der Waals surface area contributed by atoms with Crippen LogP contribution in [-0.4, -0.2) is 29.4 Å². The molecule has 0 aromatic rings. The summed E-state index contributed by atoms with van der Waals surface area (Å²) in [6.07, 6.45) is 1.78. The Morgan fingerprint density at radius 3 is 2.67 bits per heavy atom. The highest BCUT2D eigenvalue weighted by molar-refractivity contribution is 6.08. The van der Waals surface area contributed by atoms with Gasteiger partial charge in [0.1, 0.15) is 5.54 Å². The molecular weight excluding hydrogens is 156 g/mol. The molecule has 0 aromatic carbocycles. The Labute approximate surface area is 70.9 Å². The Hall–Kier alpha value is -1.06. The molecule has 1 aliphatic heterocycles. The third-order valence-electron chi connectivity index (χ3n) is 2.92. The number of rotatable bonds is 1. The lowest BCUT2D eigenvalue weighted by molar-refractivity contribution is -0.127. The molecule has 1 saturated heterocycles. The number of likely N-dealkylation sites (N-methyl/N-ethyl adjacent to an activating group) is 1. The maximum Gasteiger partial charge on any atom is 0.324 e. The third-order valence-corrected chi connectivity index (χ3v) is 2.92. The van der Waals surface area contributed by atoms with Crippen molar-refractivity contribution in [3.63, 3.8) is 0 Å². The topological polar surface area (TPSA) is 49.4 Å². The summed E-state index contributed by atoms with van der Waals surface area (Å²) in [6.45, 7) is 2.04. The van der Waals surface area contributed by atoms with E-state index in [-0.39, 0.29) is 11.9 Å². The Morgan fingerprint density at radius 2 is 2.33 bits per heavy atom. The highest BCUT2D eigenvalue weighted by Crippen LogP contribution is 2.49. The fourth-order valence-electron chi connectivity index (χ4n) is 1.96. The Morgan fingerprint density at radius 1 is 1.67 bits per heavy atom. The molecule has 2 atom stereocenters. The van der Waals surface area contributed by atoms with Crippen LogP contribution in [0.4, 0.5) is 4.79 Å². The first-order valence-electron chi connectivity index (χ1n) is 4.22. The third kappa shape index (κ3) is 0.673. The summed E-state index contributed by atoms with van der Waals surface area (Å²) < 4.78 is 0. The molecule has 1 saturated carbocycles. The van der Waals surface area contributed by atoms with Gasteiger partial charge in [-0.25, -0.2) is 4.79 Å². The highest BCUT2D eigenvalue weighted by Gasteiger charge is 2.65. The monoisotopic (exact) mass is 168 g/mol. The molecule has 4 heteroatoms. The van der Waals surface area contributed by atoms with Crippen molar-refractivity contribution < 1.29 is 9.59 Å². The van der Waals surface area contributed by atoms with Gasteiger partial charge in [-0.3, -0.25) is 9.69 Å². The summed E-state index contributed by atoms with van der Waals surface area (Å²) >= 11 is 0. The van der Waals surface area contributed by atoms with Gasteiger partial charge in [-0.1, -0.05) is 13.3 Å². The number of hydrogen-bond acceptors (Lipinski definition) is 2. The first kappa shape index (κ1) is 7.58. The van der Waals surface area contributed by atoms with Crippen molar-refractivity contribution in [3.05, 3.63) is 0 Å². The van der Waals surface area contributed by atoms with E-state index >= 15 is 0 Å². The molecule has 2 unspecified atom stereocenters. The van der Waals surface area contributed by atoms with Crippen LogP contribution in [-0.2, 0) is 4.79 Å². The van der Waals surface area contributed by atoms with E-state index in [1.807, 2.05) is 6.92 Å². The van der Waals surface area contributed by atoms with Crippen molar-refractivity contribution in [1.29, 1.82) is 0 Å². The summed E-state index contributed by atoms with van der Waals surface area (Å²) in [5, 5.41) is 2.74. The largest absolute Gasteiger partial charge is 0.324 e. The molecule has 1 spiro atoms. The average Bonchev–Trinajstić information content (AvgIpc) is 2.72. The lowest BCUT2D eigenvalue weighted by atomic mass is 10.2. The molecule has 2 rings (SSSR count). The zero-order chi connectivity index (χ0) is 8.93. The molecule has 0 radical (unpaired) electrons. The second kappa shape index (κ2) is 2.00. The van der Waals surface area contributed by atoms with Gasteiger partial charge < -0.3 is 5.32 Å². The smallest absolute Gasteiger partial charge is 0.323 e. The van der Waals surface area contributed by atoms with E-state index in [0.29, 0.717) is 5.92 Å². The molecule has 3 amide bonds. The number of carbonyl (C=O) groups is 2. The second-order valence-corrected chi connectivity index (χ2v) is 3.57. The summed E-state index contributed by atoms with van der Waals surface area (Å²) in [6, 6.07) is -0.254. The van der Waals surface area contributed by atoms with Crippen LogP contribution in [0, 0.1) is 5.92 Å². The van der Waals surface area contributed by atoms with Gasteiger partial charge in [0.05, 0.1) is 0 Å². The highest BCUT2D eigenvalue weighted by atomic mass is 16.2. The van der Waals surface area contributed by atoms with E-state index in [1.54, 1.807) is 0 Å². The predicted octanol–water partition coefficient (Wildman–Crippen LogP) is 0.337. The predicted molar refractivity (Wildman–Crippen MR) is 42.4 cm³/mol. The maximum absolute atomic E-state index is 11.5. The number of urea groups is 1. The fourth-order valence-corrected chi connectivity index (χ4v) is 1.96. The zero-order valence-electron chi connectivity index (χ0n) is 7.26. The standard InChI is InChI=1S/C8H12N2O2/c1-3-5-4-8(5)6(11)10(2)7(12)9-8/h5H,3-4H2,1-2H3,(H,9,12). The van der Waals surface area contributed by atoms with E-state index in [4.69, 9.17) is 0 Å². The number of carbonyl (C=O) groups excluding carboxylic acids is 2. The minimum absolute atomic E-state index is 0.0562. The molecule has 2 aliphatic rings. The van der Waals surface area contributed by atoms with Crippen LogP contribution in [0.1, 0.15) is 19.8 Å². The van der Waals surface area contributed by atoms with Crippen molar-refractivity contribution in [2.24, 2.45) is 5.92 Å². The number of nitrogens with one attached hydrogen (secondary N) is 1.